The molecule has 1 atom stereocenters. The summed E-state index contributed by atoms with van der Waals surface area (Å²) in [5.41, 5.74) is 7.60. The van der Waals surface area contributed by atoms with Gasteiger partial charge in [-0.05, 0) is 18.1 Å². The average molecular weight is 330 g/mol. The molecular weight excluding hydrogens is 315 g/mol. The molecule has 1 aliphatic rings. The van der Waals surface area contributed by atoms with E-state index in [2.05, 4.69) is 20.4 Å². The normalized spacial score (nSPS) is 17.2. The molecule has 0 amide bonds. The number of aryl methyl sites for hydroxylation is 1. The van der Waals surface area contributed by atoms with Crippen molar-refractivity contribution in [1.82, 2.24) is 19.7 Å². The van der Waals surface area contributed by atoms with E-state index in [1.54, 1.807) is 35.8 Å². The standard InChI is InChI=1S/C15H15FN6S/c1-22-14-9(7-18-22)13(17)20-15(21-14)19-11-5-6-23-12-8(11)3-2-4-10(12)16/h2-4,7,11H,5-6H2,1H3,(H3,17,19,20,21). The largest absolute Gasteiger partial charge is 0.383 e. The Hall–Kier alpha value is -2.35. The van der Waals surface area contributed by atoms with Gasteiger partial charge in [-0.3, -0.25) is 4.68 Å². The number of nitrogen functional groups attached to an aromatic ring is 1. The summed E-state index contributed by atoms with van der Waals surface area (Å²) in [6.45, 7) is 0. The third-order valence-corrected chi connectivity index (χ3v) is 5.11. The first-order valence-electron chi connectivity index (χ1n) is 7.26. The molecule has 0 fully saturated rings. The maximum absolute atomic E-state index is 14.0. The van der Waals surface area contributed by atoms with E-state index >= 15 is 0 Å². The number of hydrogen-bond donors (Lipinski definition) is 2. The number of anilines is 2. The molecule has 1 aliphatic heterocycles. The van der Waals surface area contributed by atoms with E-state index in [4.69, 9.17) is 5.73 Å². The fourth-order valence-corrected chi connectivity index (χ4v) is 3.94. The van der Waals surface area contributed by atoms with Crippen molar-refractivity contribution >= 4 is 34.6 Å². The number of thioether (sulfide) groups is 1. The number of halogens is 1. The molecule has 0 saturated carbocycles. The second-order valence-corrected chi connectivity index (χ2v) is 6.54. The van der Waals surface area contributed by atoms with Crippen LogP contribution in [-0.2, 0) is 7.05 Å². The molecule has 3 aromatic rings. The van der Waals surface area contributed by atoms with Gasteiger partial charge in [0.2, 0.25) is 5.95 Å². The minimum absolute atomic E-state index is 0.0352. The number of aromatic nitrogens is 4. The van der Waals surface area contributed by atoms with E-state index in [9.17, 15) is 4.39 Å². The van der Waals surface area contributed by atoms with Gasteiger partial charge < -0.3 is 11.1 Å². The minimum atomic E-state index is -0.179. The zero-order valence-corrected chi connectivity index (χ0v) is 13.3. The van der Waals surface area contributed by atoms with E-state index in [1.807, 2.05) is 6.07 Å². The molecule has 0 aliphatic carbocycles. The fourth-order valence-electron chi connectivity index (χ4n) is 2.80. The molecule has 0 spiro atoms. The summed E-state index contributed by atoms with van der Waals surface area (Å²) < 4.78 is 15.6. The number of hydrogen-bond acceptors (Lipinski definition) is 6. The van der Waals surface area contributed by atoms with E-state index in [-0.39, 0.29) is 11.9 Å². The topological polar surface area (TPSA) is 81.7 Å². The third kappa shape index (κ3) is 2.39. The van der Waals surface area contributed by atoms with Crippen LogP contribution in [0.2, 0.25) is 0 Å². The second kappa shape index (κ2) is 5.38. The van der Waals surface area contributed by atoms with E-state index in [1.165, 1.54) is 6.07 Å². The molecule has 23 heavy (non-hydrogen) atoms. The van der Waals surface area contributed by atoms with Crippen LogP contribution in [0.3, 0.4) is 0 Å². The number of nitrogens with one attached hydrogen (secondary N) is 1. The predicted molar refractivity (Wildman–Crippen MR) is 88.8 cm³/mol. The van der Waals surface area contributed by atoms with Crippen molar-refractivity contribution in [2.75, 3.05) is 16.8 Å². The lowest BCUT2D eigenvalue weighted by Gasteiger charge is -2.26. The van der Waals surface area contributed by atoms with E-state index < -0.39 is 0 Å². The summed E-state index contributed by atoms with van der Waals surface area (Å²) in [4.78, 5) is 9.49. The first-order chi connectivity index (χ1) is 11.1. The molecule has 0 bridgehead atoms. The Balaban J connectivity index is 1.72. The highest BCUT2D eigenvalue weighted by atomic mass is 32.2. The number of nitrogens with two attached hydrogens (primary N) is 1. The number of fused-ring (bicyclic) bond motifs is 2. The summed E-state index contributed by atoms with van der Waals surface area (Å²) in [5, 5.41) is 8.16. The quantitative estimate of drug-likeness (QED) is 0.752. The molecule has 4 rings (SSSR count). The molecule has 118 valence electrons. The van der Waals surface area contributed by atoms with Crippen LogP contribution in [0.1, 0.15) is 18.0 Å². The molecule has 8 heteroatoms. The van der Waals surface area contributed by atoms with Crippen molar-refractivity contribution in [2.45, 2.75) is 17.4 Å². The molecule has 3 N–H and O–H groups in total. The van der Waals surface area contributed by atoms with Crippen molar-refractivity contribution < 1.29 is 4.39 Å². The van der Waals surface area contributed by atoms with Crippen molar-refractivity contribution in [1.29, 1.82) is 0 Å². The van der Waals surface area contributed by atoms with Crippen LogP contribution in [0.5, 0.6) is 0 Å². The molecule has 1 aromatic carbocycles. The second-order valence-electron chi connectivity index (χ2n) is 5.43. The maximum atomic E-state index is 14.0. The summed E-state index contributed by atoms with van der Waals surface area (Å²) in [6, 6.07) is 5.12. The van der Waals surface area contributed by atoms with Gasteiger partial charge in [-0.15, -0.1) is 11.8 Å². The van der Waals surface area contributed by atoms with Crippen LogP contribution in [0.25, 0.3) is 11.0 Å². The fraction of sp³-hybridized carbons (Fsp3) is 0.267. The highest BCUT2D eigenvalue weighted by Gasteiger charge is 2.24. The van der Waals surface area contributed by atoms with Crippen molar-refractivity contribution in [3.05, 3.63) is 35.8 Å². The Morgan fingerprint density at radius 2 is 2.26 bits per heavy atom. The molecule has 0 radical (unpaired) electrons. The molecule has 2 aromatic heterocycles. The summed E-state index contributed by atoms with van der Waals surface area (Å²) in [5.74, 6) is 1.48. The lowest BCUT2D eigenvalue weighted by Crippen LogP contribution is -2.18. The molecule has 3 heterocycles. The SMILES string of the molecule is Cn1ncc2c(N)nc(NC3CCSc4c(F)cccc43)nc21. The Kier molecular flexibility index (Phi) is 3.33. The van der Waals surface area contributed by atoms with Crippen LogP contribution in [0, 0.1) is 5.82 Å². The van der Waals surface area contributed by atoms with Crippen LogP contribution < -0.4 is 11.1 Å². The smallest absolute Gasteiger partial charge is 0.227 e. The molecule has 6 nitrogen and oxygen atoms in total. The van der Waals surface area contributed by atoms with Gasteiger partial charge in [0.25, 0.3) is 0 Å². The third-order valence-electron chi connectivity index (χ3n) is 3.95. The van der Waals surface area contributed by atoms with Crippen LogP contribution >= 0.6 is 11.8 Å². The summed E-state index contributed by atoms with van der Waals surface area (Å²) in [7, 11) is 1.81. The number of benzene rings is 1. The van der Waals surface area contributed by atoms with Gasteiger partial charge in [-0.25, -0.2) is 4.39 Å². The molecular formula is C15H15FN6S. The highest BCUT2D eigenvalue weighted by molar-refractivity contribution is 7.99. The van der Waals surface area contributed by atoms with Gasteiger partial charge in [0.05, 0.1) is 17.6 Å². The highest BCUT2D eigenvalue weighted by Crippen LogP contribution is 2.39. The van der Waals surface area contributed by atoms with Crippen molar-refractivity contribution in [3.8, 4) is 0 Å². The predicted octanol–water partition coefficient (Wildman–Crippen LogP) is 2.73. The van der Waals surface area contributed by atoms with Gasteiger partial charge in [-0.2, -0.15) is 15.1 Å². The average Bonchev–Trinajstić information content (AvgIpc) is 2.90. The lowest BCUT2D eigenvalue weighted by atomic mass is 10.0. The summed E-state index contributed by atoms with van der Waals surface area (Å²) in [6.07, 6.45) is 2.52. The van der Waals surface area contributed by atoms with Gasteiger partial charge in [0, 0.05) is 17.7 Å². The lowest BCUT2D eigenvalue weighted by molar-refractivity contribution is 0.584. The molecule has 0 saturated heterocycles. The maximum Gasteiger partial charge on any atom is 0.227 e. The van der Waals surface area contributed by atoms with Crippen molar-refractivity contribution in [2.24, 2.45) is 7.05 Å². The van der Waals surface area contributed by atoms with E-state index in [0.29, 0.717) is 22.3 Å². The number of nitrogens with zero attached hydrogens (tertiary/aromatic N) is 4. The monoisotopic (exact) mass is 330 g/mol. The first kappa shape index (κ1) is 14.3. The van der Waals surface area contributed by atoms with E-state index in [0.717, 1.165) is 23.1 Å². The minimum Gasteiger partial charge on any atom is -0.383 e. The van der Waals surface area contributed by atoms with Gasteiger partial charge in [0.15, 0.2) is 5.65 Å². The molecule has 1 unspecified atom stereocenters. The Bertz CT molecular complexity index is 893. The van der Waals surface area contributed by atoms with Gasteiger partial charge in [-0.1, -0.05) is 12.1 Å². The van der Waals surface area contributed by atoms with Gasteiger partial charge >= 0.3 is 0 Å². The van der Waals surface area contributed by atoms with Gasteiger partial charge in [0.1, 0.15) is 11.6 Å². The Labute approximate surface area is 136 Å². The van der Waals surface area contributed by atoms with Crippen LogP contribution in [0.15, 0.2) is 29.3 Å². The van der Waals surface area contributed by atoms with Crippen LogP contribution in [-0.4, -0.2) is 25.5 Å². The van der Waals surface area contributed by atoms with Crippen LogP contribution in [0.4, 0.5) is 16.2 Å². The van der Waals surface area contributed by atoms with Crippen molar-refractivity contribution in [3.63, 3.8) is 0 Å². The Morgan fingerprint density at radius 3 is 3.13 bits per heavy atom. The zero-order chi connectivity index (χ0) is 16.0. The summed E-state index contributed by atoms with van der Waals surface area (Å²) >= 11 is 1.54. The number of rotatable bonds is 2. The zero-order valence-electron chi connectivity index (χ0n) is 12.5. The Morgan fingerprint density at radius 1 is 1.39 bits per heavy atom. The first-order valence-corrected chi connectivity index (χ1v) is 8.25.